The van der Waals surface area contributed by atoms with Gasteiger partial charge in [-0.1, -0.05) is 48.5 Å². The lowest BCUT2D eigenvalue weighted by Gasteiger charge is -2.15. The zero-order valence-electron chi connectivity index (χ0n) is 11.8. The third kappa shape index (κ3) is 2.67. The summed E-state index contributed by atoms with van der Waals surface area (Å²) in [6.45, 7) is 1.41. The van der Waals surface area contributed by atoms with Crippen LogP contribution in [0.15, 0.2) is 60.7 Å². The van der Waals surface area contributed by atoms with Crippen molar-refractivity contribution in [1.82, 2.24) is 0 Å². The van der Waals surface area contributed by atoms with E-state index in [0.717, 1.165) is 18.8 Å². The van der Waals surface area contributed by atoms with Crippen LogP contribution in [0.1, 0.15) is 12.0 Å². The van der Waals surface area contributed by atoms with E-state index >= 15 is 0 Å². The van der Waals surface area contributed by atoms with Gasteiger partial charge in [-0.05, 0) is 17.7 Å². The van der Waals surface area contributed by atoms with Crippen LogP contribution in [0.2, 0.25) is 0 Å². The van der Waals surface area contributed by atoms with Gasteiger partial charge in [-0.15, -0.1) is 0 Å². The predicted octanol–water partition coefficient (Wildman–Crippen LogP) is 3.15. The smallest absolute Gasteiger partial charge is 0.154 e. The highest BCUT2D eigenvalue weighted by atomic mass is 16.6. The minimum atomic E-state index is -0.316. The zero-order valence-corrected chi connectivity index (χ0v) is 11.8. The third-order valence-corrected chi connectivity index (χ3v) is 4.15. The molecule has 2 aromatic carbocycles. The largest absolute Gasteiger partial charge is 0.490 e. The highest BCUT2D eigenvalue weighted by Gasteiger charge is 2.59. The Kier molecular flexibility index (Phi) is 3.17. The van der Waals surface area contributed by atoms with Crippen molar-refractivity contribution >= 4 is 0 Å². The molecule has 3 atom stereocenters. The zero-order chi connectivity index (χ0) is 14.1. The molecule has 2 saturated heterocycles. The van der Waals surface area contributed by atoms with E-state index in [0.29, 0.717) is 12.7 Å². The number of epoxide rings is 2. The summed E-state index contributed by atoms with van der Waals surface area (Å²) in [7, 11) is 0. The van der Waals surface area contributed by atoms with Crippen LogP contribution in [0.25, 0.3) is 0 Å². The molecule has 3 nitrogen and oxygen atoms in total. The fraction of sp³-hybridized carbons (Fsp3) is 0.333. The fourth-order valence-electron chi connectivity index (χ4n) is 2.79. The normalized spacial score (nSPS) is 29.9. The molecule has 3 heteroatoms. The number of rotatable bonds is 6. The van der Waals surface area contributed by atoms with E-state index in [1.165, 1.54) is 5.56 Å². The lowest BCUT2D eigenvalue weighted by atomic mass is 9.94. The van der Waals surface area contributed by atoms with Crippen LogP contribution in [0, 0.1) is 0 Å². The van der Waals surface area contributed by atoms with E-state index in [9.17, 15) is 0 Å². The first-order chi connectivity index (χ1) is 10.4. The van der Waals surface area contributed by atoms with E-state index < -0.39 is 0 Å². The van der Waals surface area contributed by atoms with Crippen LogP contribution < -0.4 is 4.74 Å². The second-order valence-electron chi connectivity index (χ2n) is 5.65. The molecule has 3 unspecified atom stereocenters. The molecular formula is C18H18O3. The van der Waals surface area contributed by atoms with Crippen molar-refractivity contribution in [2.24, 2.45) is 0 Å². The lowest BCUT2D eigenvalue weighted by Crippen LogP contribution is -2.23. The summed E-state index contributed by atoms with van der Waals surface area (Å²) in [4.78, 5) is 0. The first kappa shape index (κ1) is 12.9. The summed E-state index contributed by atoms with van der Waals surface area (Å²) in [5.74, 6) is 0.879. The van der Waals surface area contributed by atoms with Crippen molar-refractivity contribution in [3.05, 3.63) is 66.2 Å². The van der Waals surface area contributed by atoms with Crippen LogP contribution in [0.5, 0.6) is 5.75 Å². The van der Waals surface area contributed by atoms with Crippen LogP contribution in [0.3, 0.4) is 0 Å². The predicted molar refractivity (Wildman–Crippen MR) is 79.3 cm³/mol. The van der Waals surface area contributed by atoms with Crippen molar-refractivity contribution in [1.29, 1.82) is 0 Å². The van der Waals surface area contributed by atoms with Gasteiger partial charge < -0.3 is 14.2 Å². The highest BCUT2D eigenvalue weighted by molar-refractivity contribution is 5.31. The minimum Gasteiger partial charge on any atom is -0.490 e. The maximum absolute atomic E-state index is 6.06. The number of hydrogen-bond acceptors (Lipinski definition) is 3. The Hall–Kier alpha value is -1.84. The molecule has 21 heavy (non-hydrogen) atoms. The molecule has 0 N–H and O–H groups in total. The molecule has 2 aliphatic heterocycles. The molecule has 0 radical (unpaired) electrons. The molecule has 0 saturated carbocycles. The van der Waals surface area contributed by atoms with Crippen LogP contribution >= 0.6 is 0 Å². The molecule has 108 valence electrons. The second kappa shape index (κ2) is 5.17. The summed E-state index contributed by atoms with van der Waals surface area (Å²) >= 11 is 0. The second-order valence-corrected chi connectivity index (χ2v) is 5.65. The van der Waals surface area contributed by atoms with Crippen LogP contribution in [-0.2, 0) is 15.1 Å². The highest BCUT2D eigenvalue weighted by Crippen LogP contribution is 2.49. The van der Waals surface area contributed by atoms with E-state index in [-0.39, 0.29) is 11.7 Å². The Morgan fingerprint density at radius 1 is 1.00 bits per heavy atom. The van der Waals surface area contributed by atoms with Crippen LogP contribution in [-0.4, -0.2) is 25.4 Å². The van der Waals surface area contributed by atoms with E-state index in [4.69, 9.17) is 14.2 Å². The first-order valence-electron chi connectivity index (χ1n) is 7.40. The topological polar surface area (TPSA) is 34.3 Å². The SMILES string of the molecule is c1ccc(OCC2(c3ccccc3)OC2CC2CO2)cc1. The van der Waals surface area contributed by atoms with E-state index in [1.54, 1.807) is 0 Å². The number of benzene rings is 2. The lowest BCUT2D eigenvalue weighted by molar-refractivity contribution is 0.188. The molecule has 0 spiro atoms. The molecule has 0 aromatic heterocycles. The van der Waals surface area contributed by atoms with Crippen molar-refractivity contribution in [3.8, 4) is 5.75 Å². The molecule has 0 aliphatic carbocycles. The number of hydrogen-bond donors (Lipinski definition) is 0. The minimum absolute atomic E-state index is 0.191. The Morgan fingerprint density at radius 2 is 1.67 bits per heavy atom. The van der Waals surface area contributed by atoms with Gasteiger partial charge in [0.05, 0.1) is 18.8 Å². The number of para-hydroxylation sites is 1. The molecule has 2 fully saturated rings. The third-order valence-electron chi connectivity index (χ3n) is 4.15. The van der Waals surface area contributed by atoms with Gasteiger partial charge >= 0.3 is 0 Å². The van der Waals surface area contributed by atoms with Gasteiger partial charge in [0.15, 0.2) is 5.60 Å². The van der Waals surface area contributed by atoms with E-state index in [2.05, 4.69) is 12.1 Å². The maximum atomic E-state index is 6.06. The summed E-state index contributed by atoms with van der Waals surface area (Å²) in [5.41, 5.74) is 0.870. The molecule has 0 bridgehead atoms. The van der Waals surface area contributed by atoms with Crippen LogP contribution in [0.4, 0.5) is 0 Å². The molecule has 2 aromatic rings. The molecular weight excluding hydrogens is 264 g/mol. The summed E-state index contributed by atoms with van der Waals surface area (Å²) in [6.07, 6.45) is 1.51. The quantitative estimate of drug-likeness (QED) is 0.763. The average molecular weight is 282 g/mol. The van der Waals surface area contributed by atoms with Crippen molar-refractivity contribution in [2.75, 3.05) is 13.2 Å². The average Bonchev–Trinajstić information content (AvgIpc) is 3.46. The molecule has 0 amide bonds. The Balaban J connectivity index is 1.51. The summed E-state index contributed by atoms with van der Waals surface area (Å²) in [5, 5.41) is 0. The maximum Gasteiger partial charge on any atom is 0.154 e. The summed E-state index contributed by atoms with van der Waals surface area (Å²) in [6, 6.07) is 20.2. The number of ether oxygens (including phenoxy) is 3. The van der Waals surface area contributed by atoms with Gasteiger partial charge in [0.2, 0.25) is 0 Å². The standard InChI is InChI=1S/C18H18O3/c1-3-7-14(8-4-1)18(17(21-18)11-16-12-19-16)13-20-15-9-5-2-6-10-15/h1-10,16-17H,11-13H2. The van der Waals surface area contributed by atoms with Gasteiger partial charge in [-0.3, -0.25) is 0 Å². The van der Waals surface area contributed by atoms with Gasteiger partial charge in [-0.25, -0.2) is 0 Å². The molecule has 2 aliphatic rings. The van der Waals surface area contributed by atoms with Crippen molar-refractivity contribution in [2.45, 2.75) is 24.2 Å². The summed E-state index contributed by atoms with van der Waals surface area (Å²) < 4.78 is 17.3. The molecule has 4 rings (SSSR count). The Bertz CT molecular complexity index is 594. The molecule has 2 heterocycles. The monoisotopic (exact) mass is 282 g/mol. The Labute approximate surface area is 124 Å². The van der Waals surface area contributed by atoms with Gasteiger partial charge in [0.1, 0.15) is 12.4 Å². The van der Waals surface area contributed by atoms with Gasteiger partial charge in [0, 0.05) is 6.42 Å². The van der Waals surface area contributed by atoms with Crippen molar-refractivity contribution in [3.63, 3.8) is 0 Å². The van der Waals surface area contributed by atoms with Crippen molar-refractivity contribution < 1.29 is 14.2 Å². The van der Waals surface area contributed by atoms with Gasteiger partial charge in [-0.2, -0.15) is 0 Å². The fourth-order valence-corrected chi connectivity index (χ4v) is 2.79. The first-order valence-corrected chi connectivity index (χ1v) is 7.40. The Morgan fingerprint density at radius 3 is 2.33 bits per heavy atom. The van der Waals surface area contributed by atoms with Gasteiger partial charge in [0.25, 0.3) is 0 Å². The van der Waals surface area contributed by atoms with E-state index in [1.807, 2.05) is 48.5 Å².